The number of ether oxygens (including phenoxy) is 1. The fourth-order valence-electron chi connectivity index (χ4n) is 1.41. The molecule has 6 heteroatoms. The number of hydrogen-bond acceptors (Lipinski definition) is 5. The molecule has 2 rings (SSSR count). The quantitative estimate of drug-likeness (QED) is 0.679. The molecule has 0 aliphatic carbocycles. The molecular weight excluding hydrogens is 212 g/mol. The Morgan fingerprint density at radius 1 is 1.50 bits per heavy atom. The summed E-state index contributed by atoms with van der Waals surface area (Å²) in [6.07, 6.45) is 2.73. The number of nitrogens with zero attached hydrogens (tertiary/aromatic N) is 1. The van der Waals surface area contributed by atoms with Crippen molar-refractivity contribution in [2.24, 2.45) is 0 Å². The number of fused-ring (bicyclic) bond motifs is 1. The summed E-state index contributed by atoms with van der Waals surface area (Å²) in [7, 11) is 1.16. The molecule has 0 spiro atoms. The van der Waals surface area contributed by atoms with E-state index in [1.807, 2.05) is 0 Å². The summed E-state index contributed by atoms with van der Waals surface area (Å²) >= 11 is 0. The second kappa shape index (κ2) is 3.65. The van der Waals surface area contributed by atoms with Gasteiger partial charge >= 0.3 is 5.97 Å². The number of nitrogens with one attached hydrogen (secondary N) is 1. The van der Waals surface area contributed by atoms with Gasteiger partial charge < -0.3 is 14.8 Å². The molecule has 0 amide bonds. The van der Waals surface area contributed by atoms with Crippen LogP contribution in [0.5, 0.6) is 5.75 Å². The van der Waals surface area contributed by atoms with Gasteiger partial charge in [0.15, 0.2) is 11.4 Å². The van der Waals surface area contributed by atoms with Crippen LogP contribution in [-0.2, 0) is 4.74 Å². The molecule has 6 nitrogen and oxygen atoms in total. The lowest BCUT2D eigenvalue weighted by atomic mass is 10.2. The second-order valence-corrected chi connectivity index (χ2v) is 3.09. The van der Waals surface area contributed by atoms with Crippen LogP contribution in [-0.4, -0.2) is 28.2 Å². The van der Waals surface area contributed by atoms with Gasteiger partial charge in [-0.15, -0.1) is 0 Å². The van der Waals surface area contributed by atoms with Crippen molar-refractivity contribution in [3.63, 3.8) is 0 Å². The topological polar surface area (TPSA) is 92.3 Å². The van der Waals surface area contributed by atoms with Crippen LogP contribution >= 0.6 is 0 Å². The molecule has 2 N–H and O–H groups in total. The van der Waals surface area contributed by atoms with Crippen LogP contribution in [0.2, 0.25) is 0 Å². The van der Waals surface area contributed by atoms with Gasteiger partial charge in [0.25, 0.3) is 5.56 Å². The molecule has 2 heterocycles. The number of pyridine rings is 2. The first kappa shape index (κ1) is 10.2. The number of aromatic hydroxyl groups is 1. The van der Waals surface area contributed by atoms with Gasteiger partial charge in [0.1, 0.15) is 0 Å². The highest BCUT2D eigenvalue weighted by atomic mass is 16.5. The van der Waals surface area contributed by atoms with E-state index in [-0.39, 0.29) is 22.2 Å². The van der Waals surface area contributed by atoms with Crippen molar-refractivity contribution in [1.29, 1.82) is 0 Å². The van der Waals surface area contributed by atoms with Gasteiger partial charge in [0.2, 0.25) is 0 Å². The second-order valence-electron chi connectivity index (χ2n) is 3.09. The van der Waals surface area contributed by atoms with E-state index in [1.54, 1.807) is 0 Å². The first-order chi connectivity index (χ1) is 7.65. The van der Waals surface area contributed by atoms with Crippen molar-refractivity contribution < 1.29 is 14.6 Å². The van der Waals surface area contributed by atoms with Gasteiger partial charge in [0.05, 0.1) is 12.5 Å². The summed E-state index contributed by atoms with van der Waals surface area (Å²) in [6.45, 7) is 0. The van der Waals surface area contributed by atoms with Crippen molar-refractivity contribution >= 4 is 16.7 Å². The standard InChI is InChI=1S/C10H8N2O4/c1-16-10(15)7-8(13)5-2-3-11-4-6(5)9(14)12-7/h2-4,13H,1H3,(H,12,14). The Morgan fingerprint density at radius 2 is 2.25 bits per heavy atom. The Morgan fingerprint density at radius 3 is 2.94 bits per heavy atom. The minimum Gasteiger partial charge on any atom is -0.505 e. The van der Waals surface area contributed by atoms with Crippen LogP contribution < -0.4 is 5.56 Å². The highest BCUT2D eigenvalue weighted by Crippen LogP contribution is 2.23. The number of H-pyrrole nitrogens is 1. The third-order valence-corrected chi connectivity index (χ3v) is 2.19. The fourth-order valence-corrected chi connectivity index (χ4v) is 1.41. The van der Waals surface area contributed by atoms with Gasteiger partial charge in [-0.25, -0.2) is 4.79 Å². The number of carbonyl (C=O) groups is 1. The lowest BCUT2D eigenvalue weighted by Crippen LogP contribution is -2.14. The minimum atomic E-state index is -0.798. The molecule has 0 bridgehead atoms. The first-order valence-corrected chi connectivity index (χ1v) is 4.42. The summed E-state index contributed by atoms with van der Waals surface area (Å²) in [5.41, 5.74) is -0.757. The van der Waals surface area contributed by atoms with E-state index < -0.39 is 11.5 Å². The van der Waals surface area contributed by atoms with E-state index in [2.05, 4.69) is 14.7 Å². The zero-order valence-corrected chi connectivity index (χ0v) is 8.35. The van der Waals surface area contributed by atoms with E-state index >= 15 is 0 Å². The number of carbonyl (C=O) groups excluding carboxylic acids is 1. The van der Waals surface area contributed by atoms with Crippen molar-refractivity contribution in [3.8, 4) is 5.75 Å². The monoisotopic (exact) mass is 220 g/mol. The first-order valence-electron chi connectivity index (χ1n) is 4.42. The maximum Gasteiger partial charge on any atom is 0.358 e. The number of aromatic nitrogens is 2. The van der Waals surface area contributed by atoms with Crippen molar-refractivity contribution in [1.82, 2.24) is 9.97 Å². The Kier molecular flexibility index (Phi) is 2.32. The summed E-state index contributed by atoms with van der Waals surface area (Å²) in [4.78, 5) is 28.8. The molecule has 0 radical (unpaired) electrons. The molecule has 82 valence electrons. The molecule has 0 aliphatic rings. The maximum absolute atomic E-state index is 11.6. The van der Waals surface area contributed by atoms with Crippen LogP contribution in [0, 0.1) is 0 Å². The summed E-state index contributed by atoms with van der Waals surface area (Å²) in [6, 6.07) is 1.45. The molecule has 2 aromatic rings. The van der Waals surface area contributed by atoms with Crippen LogP contribution in [0.25, 0.3) is 10.8 Å². The highest BCUT2D eigenvalue weighted by molar-refractivity contribution is 5.98. The molecule has 0 aromatic carbocycles. The molecule has 0 saturated heterocycles. The van der Waals surface area contributed by atoms with Gasteiger partial charge in [-0.2, -0.15) is 0 Å². The Labute approximate surface area is 89.5 Å². The van der Waals surface area contributed by atoms with Gasteiger partial charge in [-0.3, -0.25) is 9.78 Å². The maximum atomic E-state index is 11.6. The van der Waals surface area contributed by atoms with Crippen molar-refractivity contribution in [2.75, 3.05) is 7.11 Å². The zero-order valence-electron chi connectivity index (χ0n) is 8.35. The van der Waals surface area contributed by atoms with E-state index in [9.17, 15) is 14.7 Å². The summed E-state index contributed by atoms with van der Waals surface area (Å²) < 4.78 is 4.44. The van der Waals surface area contributed by atoms with Crippen LogP contribution in [0.3, 0.4) is 0 Å². The lowest BCUT2D eigenvalue weighted by Gasteiger charge is -2.05. The molecule has 0 saturated carbocycles. The number of esters is 1. The Bertz CT molecular complexity index is 618. The summed E-state index contributed by atoms with van der Waals surface area (Å²) in [5, 5.41) is 10.3. The predicted octanol–water partition coefficient (Wildman–Crippen LogP) is 0.415. The molecule has 0 unspecified atom stereocenters. The number of hydrogen-bond donors (Lipinski definition) is 2. The number of methoxy groups -OCH3 is 1. The minimum absolute atomic E-state index is 0.215. The Balaban J connectivity index is 2.86. The average Bonchev–Trinajstić information content (AvgIpc) is 2.33. The molecule has 16 heavy (non-hydrogen) atoms. The van der Waals surface area contributed by atoms with E-state index in [1.165, 1.54) is 18.5 Å². The van der Waals surface area contributed by atoms with Crippen LogP contribution in [0.4, 0.5) is 0 Å². The average molecular weight is 220 g/mol. The van der Waals surface area contributed by atoms with Gasteiger partial charge in [-0.1, -0.05) is 0 Å². The molecule has 2 aromatic heterocycles. The third-order valence-electron chi connectivity index (χ3n) is 2.19. The van der Waals surface area contributed by atoms with E-state index in [0.717, 1.165) is 7.11 Å². The largest absolute Gasteiger partial charge is 0.505 e. The van der Waals surface area contributed by atoms with Crippen LogP contribution in [0.15, 0.2) is 23.3 Å². The molecule has 0 aliphatic heterocycles. The van der Waals surface area contributed by atoms with Crippen molar-refractivity contribution in [2.45, 2.75) is 0 Å². The lowest BCUT2D eigenvalue weighted by molar-refractivity contribution is 0.0590. The summed E-state index contributed by atoms with van der Waals surface area (Å²) in [5.74, 6) is -1.11. The zero-order chi connectivity index (χ0) is 11.7. The van der Waals surface area contributed by atoms with E-state index in [4.69, 9.17) is 0 Å². The smallest absolute Gasteiger partial charge is 0.358 e. The van der Waals surface area contributed by atoms with Gasteiger partial charge in [-0.05, 0) is 6.07 Å². The predicted molar refractivity (Wildman–Crippen MR) is 55.4 cm³/mol. The Hall–Kier alpha value is -2.37. The van der Waals surface area contributed by atoms with Gasteiger partial charge in [0, 0.05) is 17.8 Å². The van der Waals surface area contributed by atoms with Crippen LogP contribution in [0.1, 0.15) is 10.5 Å². The normalized spacial score (nSPS) is 10.3. The molecular formula is C10H8N2O4. The molecule has 0 atom stereocenters. The van der Waals surface area contributed by atoms with Crippen molar-refractivity contribution in [3.05, 3.63) is 34.5 Å². The van der Waals surface area contributed by atoms with E-state index in [0.29, 0.717) is 0 Å². The number of aromatic amines is 1. The number of rotatable bonds is 1. The fraction of sp³-hybridized carbons (Fsp3) is 0.100. The SMILES string of the molecule is COC(=O)c1[nH]c(=O)c2cnccc2c1O. The highest BCUT2D eigenvalue weighted by Gasteiger charge is 2.16. The molecule has 0 fully saturated rings. The third kappa shape index (κ3) is 1.40.